The molecule has 1 aromatic rings. The Hall–Kier alpha value is -1.59. The third-order valence-electron chi connectivity index (χ3n) is 2.16. The molecule has 0 heterocycles. The molecule has 0 radical (unpaired) electrons. The van der Waals surface area contributed by atoms with E-state index in [2.05, 4.69) is 5.32 Å². The van der Waals surface area contributed by atoms with Crippen molar-refractivity contribution < 1.29 is 15.0 Å². The number of carboxylic acid groups (broad SMARTS) is 1. The Kier molecular flexibility index (Phi) is 4.75. The van der Waals surface area contributed by atoms with E-state index in [1.807, 2.05) is 30.3 Å². The van der Waals surface area contributed by atoms with Gasteiger partial charge in [0.2, 0.25) is 0 Å². The van der Waals surface area contributed by atoms with Gasteiger partial charge in [0.1, 0.15) is 6.04 Å². The summed E-state index contributed by atoms with van der Waals surface area (Å²) in [6, 6.07) is 8.35. The molecule has 0 amide bonds. The lowest BCUT2D eigenvalue weighted by Gasteiger charge is -2.14. The topological polar surface area (TPSA) is 95.6 Å². The molecule has 5 N–H and O–H groups in total. The zero-order chi connectivity index (χ0) is 12.0. The standard InChI is InChI=1S/C11H16N2O3/c12-10(11(15)16)6-9(14)7-13-8-4-2-1-3-5-8/h1-5,9-10,13-14H,6-7,12H2,(H,15,16). The molecule has 5 heteroatoms. The normalized spacial score (nSPS) is 14.1. The predicted molar refractivity (Wildman–Crippen MR) is 61.2 cm³/mol. The largest absolute Gasteiger partial charge is 0.480 e. The molecule has 0 aromatic heterocycles. The number of aliphatic hydroxyl groups is 1. The van der Waals surface area contributed by atoms with Crippen molar-refractivity contribution in [3.8, 4) is 0 Å². The molecule has 0 aliphatic carbocycles. The van der Waals surface area contributed by atoms with Crippen LogP contribution in [0.4, 0.5) is 5.69 Å². The molecule has 2 atom stereocenters. The number of carbonyl (C=O) groups is 1. The van der Waals surface area contributed by atoms with Crippen LogP contribution in [0, 0.1) is 0 Å². The number of nitrogens with one attached hydrogen (secondary N) is 1. The lowest BCUT2D eigenvalue weighted by Crippen LogP contribution is -2.36. The molecule has 16 heavy (non-hydrogen) atoms. The first-order chi connectivity index (χ1) is 7.59. The van der Waals surface area contributed by atoms with Crippen LogP contribution >= 0.6 is 0 Å². The third-order valence-corrected chi connectivity index (χ3v) is 2.16. The summed E-state index contributed by atoms with van der Waals surface area (Å²) in [5.41, 5.74) is 6.18. The summed E-state index contributed by atoms with van der Waals surface area (Å²) in [4.78, 5) is 10.5. The molecule has 1 aromatic carbocycles. The zero-order valence-electron chi connectivity index (χ0n) is 8.84. The number of anilines is 1. The van der Waals surface area contributed by atoms with Gasteiger partial charge in [0, 0.05) is 18.7 Å². The summed E-state index contributed by atoms with van der Waals surface area (Å²) >= 11 is 0. The Morgan fingerprint density at radius 1 is 1.38 bits per heavy atom. The van der Waals surface area contributed by atoms with Gasteiger partial charge in [-0.25, -0.2) is 0 Å². The zero-order valence-corrected chi connectivity index (χ0v) is 8.84. The second-order valence-electron chi connectivity index (χ2n) is 3.58. The minimum atomic E-state index is -1.10. The van der Waals surface area contributed by atoms with Gasteiger partial charge in [-0.15, -0.1) is 0 Å². The van der Waals surface area contributed by atoms with Crippen molar-refractivity contribution in [3.05, 3.63) is 30.3 Å². The number of hydrogen-bond acceptors (Lipinski definition) is 4. The van der Waals surface area contributed by atoms with Crippen LogP contribution in [0.15, 0.2) is 30.3 Å². The quantitative estimate of drug-likeness (QED) is 0.556. The summed E-state index contributed by atoms with van der Waals surface area (Å²) in [5, 5.41) is 21.1. The molecule has 0 aliphatic rings. The van der Waals surface area contributed by atoms with Gasteiger partial charge in [-0.2, -0.15) is 0 Å². The van der Waals surface area contributed by atoms with Gasteiger partial charge in [-0.1, -0.05) is 18.2 Å². The van der Waals surface area contributed by atoms with Crippen LogP contribution in [0.25, 0.3) is 0 Å². The molecule has 0 aliphatic heterocycles. The second kappa shape index (κ2) is 6.09. The van der Waals surface area contributed by atoms with Crippen molar-refractivity contribution in [1.82, 2.24) is 0 Å². The molecule has 1 rings (SSSR count). The van der Waals surface area contributed by atoms with Gasteiger partial charge < -0.3 is 21.3 Å². The van der Waals surface area contributed by atoms with Gasteiger partial charge in [0.05, 0.1) is 6.10 Å². The first-order valence-corrected chi connectivity index (χ1v) is 5.05. The smallest absolute Gasteiger partial charge is 0.320 e. The highest BCUT2D eigenvalue weighted by Gasteiger charge is 2.16. The number of aliphatic hydroxyl groups excluding tert-OH is 1. The molecule has 0 bridgehead atoms. The van der Waals surface area contributed by atoms with Crippen molar-refractivity contribution in [2.24, 2.45) is 5.73 Å². The SMILES string of the molecule is NC(CC(O)CNc1ccccc1)C(=O)O. The number of hydrogen-bond donors (Lipinski definition) is 4. The summed E-state index contributed by atoms with van der Waals surface area (Å²) in [6.07, 6.45) is -0.735. The van der Waals surface area contributed by atoms with Crippen molar-refractivity contribution >= 4 is 11.7 Å². The lowest BCUT2D eigenvalue weighted by molar-refractivity contribution is -0.139. The summed E-state index contributed by atoms with van der Waals surface area (Å²) < 4.78 is 0. The highest BCUT2D eigenvalue weighted by molar-refractivity contribution is 5.73. The number of rotatable bonds is 6. The number of aliphatic carboxylic acids is 1. The molecular formula is C11H16N2O3. The Morgan fingerprint density at radius 2 is 2.00 bits per heavy atom. The maximum absolute atomic E-state index is 10.5. The number of para-hydroxylation sites is 1. The van der Waals surface area contributed by atoms with Crippen LogP contribution in [0.2, 0.25) is 0 Å². The van der Waals surface area contributed by atoms with E-state index in [1.165, 1.54) is 0 Å². The van der Waals surface area contributed by atoms with Gasteiger partial charge in [0.25, 0.3) is 0 Å². The molecule has 0 fully saturated rings. The van der Waals surface area contributed by atoms with E-state index < -0.39 is 18.1 Å². The van der Waals surface area contributed by atoms with Gasteiger partial charge in [-0.05, 0) is 12.1 Å². The summed E-state index contributed by atoms with van der Waals surface area (Å²) in [6.45, 7) is 0.283. The highest BCUT2D eigenvalue weighted by atomic mass is 16.4. The van der Waals surface area contributed by atoms with Crippen LogP contribution in [0.1, 0.15) is 6.42 Å². The fraction of sp³-hybridized carbons (Fsp3) is 0.364. The van der Waals surface area contributed by atoms with Crippen molar-refractivity contribution in [3.63, 3.8) is 0 Å². The molecule has 88 valence electrons. The Labute approximate surface area is 93.9 Å². The van der Waals surface area contributed by atoms with Crippen LogP contribution in [-0.2, 0) is 4.79 Å². The molecular weight excluding hydrogens is 208 g/mol. The van der Waals surface area contributed by atoms with Gasteiger partial charge in [-0.3, -0.25) is 4.79 Å². The van der Waals surface area contributed by atoms with E-state index in [1.54, 1.807) is 0 Å². The van der Waals surface area contributed by atoms with E-state index >= 15 is 0 Å². The molecule has 0 spiro atoms. The minimum Gasteiger partial charge on any atom is -0.480 e. The van der Waals surface area contributed by atoms with Gasteiger partial charge >= 0.3 is 5.97 Å². The van der Waals surface area contributed by atoms with E-state index in [-0.39, 0.29) is 13.0 Å². The summed E-state index contributed by atoms with van der Waals surface area (Å²) in [5.74, 6) is -1.10. The predicted octanol–water partition coefficient (Wildman–Crippen LogP) is 0.261. The van der Waals surface area contributed by atoms with Crippen LogP contribution < -0.4 is 11.1 Å². The average Bonchev–Trinajstić information content (AvgIpc) is 2.27. The van der Waals surface area contributed by atoms with E-state index in [0.29, 0.717) is 0 Å². The Morgan fingerprint density at radius 3 is 2.56 bits per heavy atom. The molecule has 5 nitrogen and oxygen atoms in total. The fourth-order valence-corrected chi connectivity index (χ4v) is 1.27. The Balaban J connectivity index is 2.30. The summed E-state index contributed by atoms with van der Waals surface area (Å²) in [7, 11) is 0. The maximum Gasteiger partial charge on any atom is 0.320 e. The monoisotopic (exact) mass is 224 g/mol. The third kappa shape index (κ3) is 4.29. The lowest BCUT2D eigenvalue weighted by atomic mass is 10.1. The average molecular weight is 224 g/mol. The molecule has 2 unspecified atom stereocenters. The highest BCUT2D eigenvalue weighted by Crippen LogP contribution is 2.06. The van der Waals surface area contributed by atoms with E-state index in [4.69, 9.17) is 10.8 Å². The fourth-order valence-electron chi connectivity index (χ4n) is 1.27. The van der Waals surface area contributed by atoms with Crippen LogP contribution in [-0.4, -0.2) is 34.9 Å². The van der Waals surface area contributed by atoms with Crippen molar-refractivity contribution in [1.29, 1.82) is 0 Å². The number of carboxylic acids is 1. The van der Waals surface area contributed by atoms with Gasteiger partial charge in [0.15, 0.2) is 0 Å². The molecule has 0 saturated heterocycles. The van der Waals surface area contributed by atoms with Crippen LogP contribution in [0.3, 0.4) is 0 Å². The van der Waals surface area contributed by atoms with E-state index in [9.17, 15) is 9.90 Å². The molecule has 0 saturated carbocycles. The number of benzene rings is 1. The Bertz CT molecular complexity index is 329. The number of nitrogens with two attached hydrogens (primary N) is 1. The van der Waals surface area contributed by atoms with E-state index in [0.717, 1.165) is 5.69 Å². The van der Waals surface area contributed by atoms with Crippen LogP contribution in [0.5, 0.6) is 0 Å². The second-order valence-corrected chi connectivity index (χ2v) is 3.58. The van der Waals surface area contributed by atoms with Crippen molar-refractivity contribution in [2.75, 3.05) is 11.9 Å². The minimum absolute atomic E-state index is 0.0369. The first-order valence-electron chi connectivity index (χ1n) is 5.05. The van der Waals surface area contributed by atoms with Crippen molar-refractivity contribution in [2.45, 2.75) is 18.6 Å². The first kappa shape index (κ1) is 12.5. The maximum atomic E-state index is 10.5.